The van der Waals surface area contributed by atoms with E-state index in [0.29, 0.717) is 13.0 Å². The molecule has 0 unspecified atom stereocenters. The van der Waals surface area contributed by atoms with Crippen LogP contribution in [-0.2, 0) is 16.6 Å². The first-order valence-corrected chi connectivity index (χ1v) is 6.11. The van der Waals surface area contributed by atoms with Gasteiger partial charge in [0.15, 0.2) is 0 Å². The van der Waals surface area contributed by atoms with Crippen molar-refractivity contribution in [2.24, 2.45) is 12.5 Å². The van der Waals surface area contributed by atoms with E-state index < -0.39 is 11.4 Å². The first kappa shape index (κ1) is 13.3. The Morgan fingerprint density at radius 3 is 2.79 bits per heavy atom. The number of hydrogen-bond acceptors (Lipinski definition) is 3. The normalized spacial score (nSPS) is 23.2. The van der Waals surface area contributed by atoms with Crippen molar-refractivity contribution in [1.29, 1.82) is 0 Å². The van der Waals surface area contributed by atoms with Crippen LogP contribution in [0.3, 0.4) is 0 Å². The van der Waals surface area contributed by atoms with Gasteiger partial charge in [-0.2, -0.15) is 5.10 Å². The van der Waals surface area contributed by atoms with Crippen LogP contribution in [0.4, 0.5) is 0 Å². The minimum atomic E-state index is -0.849. The Labute approximate surface area is 111 Å². The Balaban J connectivity index is 2.01. The van der Waals surface area contributed by atoms with E-state index in [9.17, 15) is 9.59 Å². The molecule has 1 N–H and O–H groups in total. The molecule has 1 fully saturated rings. The van der Waals surface area contributed by atoms with Gasteiger partial charge in [-0.25, -0.2) is 0 Å². The van der Waals surface area contributed by atoms with Crippen molar-refractivity contribution in [3.8, 4) is 0 Å². The molecule has 0 spiro atoms. The van der Waals surface area contributed by atoms with Crippen LogP contribution in [0.2, 0.25) is 0 Å². The highest BCUT2D eigenvalue weighted by atomic mass is 16.4. The van der Waals surface area contributed by atoms with Crippen LogP contribution in [0.5, 0.6) is 0 Å². The van der Waals surface area contributed by atoms with E-state index in [1.54, 1.807) is 41.9 Å². The quantitative estimate of drug-likeness (QED) is 0.817. The maximum Gasteiger partial charge on any atom is 0.311 e. The summed E-state index contributed by atoms with van der Waals surface area (Å²) >= 11 is 0. The van der Waals surface area contributed by atoms with E-state index in [4.69, 9.17) is 5.11 Å². The Morgan fingerprint density at radius 1 is 1.53 bits per heavy atom. The molecule has 0 bridgehead atoms. The Bertz CT molecular complexity index is 535. The van der Waals surface area contributed by atoms with Crippen molar-refractivity contribution in [2.45, 2.75) is 13.3 Å². The second-order valence-corrected chi connectivity index (χ2v) is 5.09. The van der Waals surface area contributed by atoms with E-state index in [-0.39, 0.29) is 12.5 Å². The fourth-order valence-electron chi connectivity index (χ4n) is 2.13. The van der Waals surface area contributed by atoms with Crippen LogP contribution in [0, 0.1) is 5.41 Å². The van der Waals surface area contributed by atoms with Gasteiger partial charge in [-0.1, -0.05) is 0 Å². The molecule has 102 valence electrons. The van der Waals surface area contributed by atoms with Gasteiger partial charge in [-0.05, 0) is 25.5 Å². The molecule has 1 aromatic heterocycles. The van der Waals surface area contributed by atoms with E-state index in [0.717, 1.165) is 5.69 Å². The average Bonchev–Trinajstić information content (AvgIpc) is 2.94. The monoisotopic (exact) mass is 263 g/mol. The number of carboxylic acid groups (broad SMARTS) is 1. The molecular weight excluding hydrogens is 246 g/mol. The molecule has 0 saturated carbocycles. The van der Waals surface area contributed by atoms with Crippen LogP contribution < -0.4 is 0 Å². The molecule has 2 rings (SSSR count). The van der Waals surface area contributed by atoms with Crippen LogP contribution >= 0.6 is 0 Å². The molecule has 6 heteroatoms. The smallest absolute Gasteiger partial charge is 0.311 e. The molecule has 6 nitrogen and oxygen atoms in total. The van der Waals surface area contributed by atoms with Crippen LogP contribution in [-0.4, -0.2) is 44.8 Å². The van der Waals surface area contributed by atoms with Gasteiger partial charge in [0.25, 0.3) is 0 Å². The van der Waals surface area contributed by atoms with Crippen molar-refractivity contribution < 1.29 is 14.7 Å². The summed E-state index contributed by atoms with van der Waals surface area (Å²) in [6.07, 6.45) is 5.30. The Morgan fingerprint density at radius 2 is 2.26 bits per heavy atom. The van der Waals surface area contributed by atoms with E-state index in [1.807, 2.05) is 0 Å². The van der Waals surface area contributed by atoms with Crippen LogP contribution in [0.15, 0.2) is 18.3 Å². The van der Waals surface area contributed by atoms with Gasteiger partial charge in [0.05, 0.1) is 11.1 Å². The molecule has 0 aliphatic carbocycles. The largest absolute Gasteiger partial charge is 0.481 e. The SMILES string of the molecule is Cn1nccc1/C=C\C(=O)N1CC[C@@](C)(C(=O)O)C1. The topological polar surface area (TPSA) is 75.4 Å². The van der Waals surface area contributed by atoms with Crippen molar-refractivity contribution in [1.82, 2.24) is 14.7 Å². The fourth-order valence-corrected chi connectivity index (χ4v) is 2.13. The van der Waals surface area contributed by atoms with Crippen LogP contribution in [0.25, 0.3) is 6.08 Å². The molecule has 1 saturated heterocycles. The predicted octanol–water partition coefficient (Wildman–Crippen LogP) is 0.756. The molecule has 2 heterocycles. The summed E-state index contributed by atoms with van der Waals surface area (Å²) in [6, 6.07) is 1.80. The number of aromatic nitrogens is 2. The van der Waals surface area contributed by atoms with Crippen molar-refractivity contribution in [3.63, 3.8) is 0 Å². The summed E-state index contributed by atoms with van der Waals surface area (Å²) < 4.78 is 1.66. The van der Waals surface area contributed by atoms with Gasteiger partial charge in [-0.15, -0.1) is 0 Å². The molecule has 1 aromatic rings. The zero-order valence-electron chi connectivity index (χ0n) is 11.0. The first-order chi connectivity index (χ1) is 8.92. The van der Waals surface area contributed by atoms with Crippen LogP contribution in [0.1, 0.15) is 19.0 Å². The lowest BCUT2D eigenvalue weighted by molar-refractivity contribution is -0.147. The molecular formula is C13H17N3O3. The lowest BCUT2D eigenvalue weighted by atomic mass is 9.90. The van der Waals surface area contributed by atoms with Gasteiger partial charge in [0.1, 0.15) is 0 Å². The summed E-state index contributed by atoms with van der Waals surface area (Å²) in [5.74, 6) is -1.01. The third-order valence-corrected chi connectivity index (χ3v) is 3.56. The van der Waals surface area contributed by atoms with E-state index in [2.05, 4.69) is 5.10 Å². The lowest BCUT2D eigenvalue weighted by Gasteiger charge is -2.18. The Kier molecular flexibility index (Phi) is 3.42. The van der Waals surface area contributed by atoms with Gasteiger partial charge < -0.3 is 10.0 Å². The average molecular weight is 263 g/mol. The number of aryl methyl sites for hydroxylation is 1. The van der Waals surface area contributed by atoms with Crippen molar-refractivity contribution >= 4 is 18.0 Å². The number of nitrogens with zero attached hydrogens (tertiary/aromatic N) is 3. The number of carboxylic acids is 1. The highest BCUT2D eigenvalue weighted by Gasteiger charge is 2.41. The molecule has 0 aromatic carbocycles. The molecule has 1 aliphatic heterocycles. The molecule has 0 radical (unpaired) electrons. The lowest BCUT2D eigenvalue weighted by Crippen LogP contribution is -2.34. The maximum atomic E-state index is 12.0. The second kappa shape index (κ2) is 4.87. The summed E-state index contributed by atoms with van der Waals surface area (Å²) in [5.41, 5.74) is 0.00397. The predicted molar refractivity (Wildman–Crippen MR) is 69.2 cm³/mol. The fraction of sp³-hybridized carbons (Fsp3) is 0.462. The minimum absolute atomic E-state index is 0.161. The van der Waals surface area contributed by atoms with Gasteiger partial charge in [-0.3, -0.25) is 14.3 Å². The number of rotatable bonds is 3. The highest BCUT2D eigenvalue weighted by molar-refractivity contribution is 5.92. The van der Waals surface area contributed by atoms with Gasteiger partial charge in [0, 0.05) is 32.4 Å². The summed E-state index contributed by atoms with van der Waals surface area (Å²) in [6.45, 7) is 2.42. The maximum absolute atomic E-state index is 12.0. The van der Waals surface area contributed by atoms with E-state index >= 15 is 0 Å². The third kappa shape index (κ3) is 2.67. The number of likely N-dealkylation sites (tertiary alicyclic amines) is 1. The standard InChI is InChI=1S/C13H17N3O3/c1-13(12(18)19)6-8-16(9-13)11(17)4-3-10-5-7-14-15(10)2/h3-5,7H,6,8-9H2,1-2H3,(H,18,19)/b4-3-/t13-/m1/s1. The number of hydrogen-bond donors (Lipinski definition) is 1. The van der Waals surface area contributed by atoms with Gasteiger partial charge in [0.2, 0.25) is 5.91 Å². The summed E-state index contributed by atoms with van der Waals surface area (Å²) in [4.78, 5) is 24.7. The summed E-state index contributed by atoms with van der Waals surface area (Å²) in [5, 5.41) is 13.1. The number of amides is 1. The number of carbonyl (C=O) groups is 2. The third-order valence-electron chi connectivity index (χ3n) is 3.56. The minimum Gasteiger partial charge on any atom is -0.481 e. The van der Waals surface area contributed by atoms with Crippen molar-refractivity contribution in [2.75, 3.05) is 13.1 Å². The van der Waals surface area contributed by atoms with E-state index in [1.165, 1.54) is 6.08 Å². The number of carbonyl (C=O) groups excluding carboxylic acids is 1. The second-order valence-electron chi connectivity index (χ2n) is 5.09. The Hall–Kier alpha value is -2.11. The molecule has 19 heavy (non-hydrogen) atoms. The zero-order chi connectivity index (χ0) is 14.0. The molecule has 1 aliphatic rings. The summed E-state index contributed by atoms with van der Waals surface area (Å²) in [7, 11) is 1.79. The highest BCUT2D eigenvalue weighted by Crippen LogP contribution is 2.30. The zero-order valence-corrected chi connectivity index (χ0v) is 11.0. The molecule has 1 atom stereocenters. The first-order valence-electron chi connectivity index (χ1n) is 6.11. The molecule has 1 amide bonds. The number of aliphatic carboxylic acids is 1. The van der Waals surface area contributed by atoms with Gasteiger partial charge >= 0.3 is 5.97 Å². The van der Waals surface area contributed by atoms with Crippen molar-refractivity contribution in [3.05, 3.63) is 24.0 Å².